The number of carbonyl (C=O) groups is 1. The van der Waals surface area contributed by atoms with Crippen LogP contribution in [0.3, 0.4) is 0 Å². The molecule has 0 aliphatic heterocycles. The van der Waals surface area contributed by atoms with E-state index < -0.39 is 0 Å². The fourth-order valence-corrected chi connectivity index (χ4v) is 2.41. The molecule has 0 aliphatic rings. The molecule has 0 N–H and O–H groups in total. The number of rotatable bonds is 8. The summed E-state index contributed by atoms with van der Waals surface area (Å²) >= 11 is 0. The maximum atomic E-state index is 10.2. The van der Waals surface area contributed by atoms with Crippen LogP contribution in [-0.4, -0.2) is 19.7 Å². The van der Waals surface area contributed by atoms with Crippen LogP contribution in [-0.2, 0) is 19.3 Å². The summed E-state index contributed by atoms with van der Waals surface area (Å²) < 4.78 is 4.61. The zero-order chi connectivity index (χ0) is 17.5. The zero-order valence-electron chi connectivity index (χ0n) is 14.7. The van der Waals surface area contributed by atoms with E-state index in [4.69, 9.17) is 9.78 Å². The van der Waals surface area contributed by atoms with Crippen molar-refractivity contribution in [1.29, 1.82) is 0 Å². The van der Waals surface area contributed by atoms with Crippen LogP contribution < -0.4 is 0 Å². The van der Waals surface area contributed by atoms with Crippen LogP contribution in [0.25, 0.3) is 0 Å². The molecule has 4 nitrogen and oxygen atoms in total. The van der Waals surface area contributed by atoms with Crippen molar-refractivity contribution >= 4 is 6.47 Å². The van der Waals surface area contributed by atoms with Gasteiger partial charge in [0.1, 0.15) is 19.3 Å². The number of hydrogen-bond acceptors (Lipinski definition) is 4. The van der Waals surface area contributed by atoms with Gasteiger partial charge in [0.05, 0.1) is 0 Å². The Morgan fingerprint density at radius 2 is 1.38 bits per heavy atom. The van der Waals surface area contributed by atoms with Crippen molar-refractivity contribution < 1.29 is 19.3 Å². The molecule has 0 bridgehead atoms. The lowest BCUT2D eigenvalue weighted by Gasteiger charge is -2.19. The SMILES string of the molecule is Cc1ccc(C(OOCCOC=O)c2ccc(C)c(C)c2)cc1C. The number of aryl methyl sites for hydroxylation is 4. The van der Waals surface area contributed by atoms with E-state index in [0.29, 0.717) is 6.47 Å². The summed E-state index contributed by atoms with van der Waals surface area (Å²) in [5.41, 5.74) is 6.93. The van der Waals surface area contributed by atoms with Crippen LogP contribution >= 0.6 is 0 Å². The molecule has 2 aromatic rings. The van der Waals surface area contributed by atoms with Crippen molar-refractivity contribution in [3.05, 3.63) is 69.8 Å². The van der Waals surface area contributed by atoms with Crippen molar-refractivity contribution in [2.75, 3.05) is 13.2 Å². The molecule has 0 amide bonds. The Labute approximate surface area is 143 Å². The smallest absolute Gasteiger partial charge is 0.293 e. The Bertz CT molecular complexity index is 643. The van der Waals surface area contributed by atoms with Gasteiger partial charge >= 0.3 is 0 Å². The Hall–Kier alpha value is -2.17. The van der Waals surface area contributed by atoms with Gasteiger partial charge in [-0.15, -0.1) is 0 Å². The molecule has 0 aromatic heterocycles. The Morgan fingerprint density at radius 3 is 1.83 bits per heavy atom. The first-order valence-corrected chi connectivity index (χ1v) is 8.00. The van der Waals surface area contributed by atoms with E-state index in [1.165, 1.54) is 22.3 Å². The first-order valence-electron chi connectivity index (χ1n) is 8.00. The molecule has 0 aliphatic carbocycles. The van der Waals surface area contributed by atoms with Crippen molar-refractivity contribution in [3.8, 4) is 0 Å². The largest absolute Gasteiger partial charge is 0.465 e. The second kappa shape index (κ2) is 8.62. The maximum Gasteiger partial charge on any atom is 0.293 e. The highest BCUT2D eigenvalue weighted by Gasteiger charge is 2.17. The monoisotopic (exact) mass is 328 g/mol. The van der Waals surface area contributed by atoms with Crippen LogP contribution in [0.1, 0.15) is 39.5 Å². The van der Waals surface area contributed by atoms with Crippen molar-refractivity contribution in [1.82, 2.24) is 0 Å². The summed E-state index contributed by atoms with van der Waals surface area (Å²) in [6, 6.07) is 12.5. The molecule has 0 unspecified atom stereocenters. The minimum absolute atomic E-state index is 0.163. The second-order valence-corrected chi connectivity index (χ2v) is 5.95. The number of benzene rings is 2. The van der Waals surface area contributed by atoms with Gasteiger partial charge < -0.3 is 4.74 Å². The number of ether oxygens (including phenoxy) is 1. The summed E-state index contributed by atoms with van der Waals surface area (Å²) in [4.78, 5) is 21.1. The Kier molecular flexibility index (Phi) is 6.53. The third-order valence-electron chi connectivity index (χ3n) is 4.18. The van der Waals surface area contributed by atoms with Gasteiger partial charge in [-0.1, -0.05) is 36.4 Å². The first-order chi connectivity index (χ1) is 11.5. The van der Waals surface area contributed by atoms with Crippen LogP contribution in [0.5, 0.6) is 0 Å². The minimum atomic E-state index is -0.333. The highest BCUT2D eigenvalue weighted by molar-refractivity contribution is 5.39. The van der Waals surface area contributed by atoms with E-state index >= 15 is 0 Å². The topological polar surface area (TPSA) is 44.8 Å². The molecule has 0 saturated heterocycles. The fourth-order valence-electron chi connectivity index (χ4n) is 2.41. The molecule has 0 heterocycles. The summed E-state index contributed by atoms with van der Waals surface area (Å²) in [5.74, 6) is 0. The molecule has 0 radical (unpaired) electrons. The Balaban J connectivity index is 2.24. The van der Waals surface area contributed by atoms with Gasteiger partial charge in [-0.2, -0.15) is 0 Å². The Morgan fingerprint density at radius 1 is 0.833 bits per heavy atom. The zero-order valence-corrected chi connectivity index (χ0v) is 14.7. The van der Waals surface area contributed by atoms with Crippen LogP contribution in [0, 0.1) is 27.7 Å². The van der Waals surface area contributed by atoms with E-state index in [9.17, 15) is 4.79 Å². The molecule has 4 heteroatoms. The average Bonchev–Trinajstić information content (AvgIpc) is 2.56. The first kappa shape index (κ1) is 18.2. The minimum Gasteiger partial charge on any atom is -0.465 e. The molecule has 24 heavy (non-hydrogen) atoms. The van der Waals surface area contributed by atoms with Gasteiger partial charge in [0.2, 0.25) is 0 Å². The predicted octanol–water partition coefficient (Wildman–Crippen LogP) is 4.13. The third kappa shape index (κ3) is 4.66. The molecule has 128 valence electrons. The average molecular weight is 328 g/mol. The highest BCUT2D eigenvalue weighted by Crippen LogP contribution is 2.29. The molecular weight excluding hydrogens is 304 g/mol. The normalized spacial score (nSPS) is 10.9. The highest BCUT2D eigenvalue weighted by atomic mass is 17.2. The van der Waals surface area contributed by atoms with Crippen molar-refractivity contribution in [2.24, 2.45) is 0 Å². The summed E-state index contributed by atoms with van der Waals surface area (Å²) in [6.07, 6.45) is -0.333. The standard InChI is InChI=1S/C20H24O4/c1-14-5-7-18(11-16(14)3)20(24-23-10-9-22-13-21)19-8-6-15(2)17(4)12-19/h5-8,11-13,20H,9-10H2,1-4H3. The lowest BCUT2D eigenvalue weighted by atomic mass is 9.96. The quantitative estimate of drug-likeness (QED) is 0.316. The lowest BCUT2D eigenvalue weighted by Crippen LogP contribution is -2.11. The van der Waals surface area contributed by atoms with E-state index in [1.807, 2.05) is 12.1 Å². The van der Waals surface area contributed by atoms with Gasteiger partial charge in [-0.25, -0.2) is 9.78 Å². The maximum absolute atomic E-state index is 10.2. The van der Waals surface area contributed by atoms with Gasteiger partial charge in [0.15, 0.2) is 0 Å². The van der Waals surface area contributed by atoms with Gasteiger partial charge in [-0.05, 0) is 61.1 Å². The molecule has 0 saturated carbocycles. The van der Waals surface area contributed by atoms with Crippen LogP contribution in [0.4, 0.5) is 0 Å². The molecule has 0 atom stereocenters. The third-order valence-corrected chi connectivity index (χ3v) is 4.18. The molecule has 2 aromatic carbocycles. The number of carbonyl (C=O) groups excluding carboxylic acids is 1. The van der Waals surface area contributed by atoms with E-state index in [1.54, 1.807) is 0 Å². The van der Waals surface area contributed by atoms with E-state index in [0.717, 1.165) is 11.1 Å². The molecule has 0 fully saturated rings. The van der Waals surface area contributed by atoms with Crippen LogP contribution in [0.2, 0.25) is 0 Å². The predicted molar refractivity (Wildman–Crippen MR) is 92.7 cm³/mol. The van der Waals surface area contributed by atoms with Gasteiger partial charge in [0, 0.05) is 0 Å². The molecule has 2 rings (SSSR count). The lowest BCUT2D eigenvalue weighted by molar-refractivity contribution is -0.321. The molecular formula is C20H24O4. The van der Waals surface area contributed by atoms with Gasteiger partial charge in [0.25, 0.3) is 6.47 Å². The number of hydrogen-bond donors (Lipinski definition) is 0. The van der Waals surface area contributed by atoms with Crippen molar-refractivity contribution in [3.63, 3.8) is 0 Å². The van der Waals surface area contributed by atoms with Crippen molar-refractivity contribution in [2.45, 2.75) is 33.8 Å². The summed E-state index contributed by atoms with van der Waals surface area (Å²) in [6.45, 7) is 9.06. The van der Waals surface area contributed by atoms with Gasteiger partial charge in [-0.3, -0.25) is 4.79 Å². The summed E-state index contributed by atoms with van der Waals surface area (Å²) in [5, 5.41) is 0. The summed E-state index contributed by atoms with van der Waals surface area (Å²) in [7, 11) is 0. The van der Waals surface area contributed by atoms with E-state index in [2.05, 4.69) is 56.7 Å². The second-order valence-electron chi connectivity index (χ2n) is 5.95. The van der Waals surface area contributed by atoms with Crippen LogP contribution in [0.15, 0.2) is 36.4 Å². The molecule has 0 spiro atoms. The fraction of sp³-hybridized carbons (Fsp3) is 0.350. The van der Waals surface area contributed by atoms with E-state index in [-0.39, 0.29) is 19.3 Å².